The van der Waals surface area contributed by atoms with Crippen LogP contribution in [0.5, 0.6) is 11.5 Å². The number of hydrogen-bond acceptors (Lipinski definition) is 14. The molecule has 0 bridgehead atoms. The molecule has 0 saturated heterocycles. The summed E-state index contributed by atoms with van der Waals surface area (Å²) in [5.41, 5.74) is 5.23. The van der Waals surface area contributed by atoms with Gasteiger partial charge in [-0.3, -0.25) is 33.3 Å². The highest BCUT2D eigenvalue weighted by Gasteiger charge is 2.31. The number of rotatable bonds is 17. The van der Waals surface area contributed by atoms with Crippen molar-refractivity contribution in [2.24, 2.45) is 11.8 Å². The lowest BCUT2D eigenvalue weighted by atomic mass is 10.1. The van der Waals surface area contributed by atoms with Crippen LogP contribution < -0.4 is 41.4 Å². The van der Waals surface area contributed by atoms with Crippen molar-refractivity contribution in [1.82, 2.24) is 51.0 Å². The monoisotopic (exact) mass is 986 g/mol. The van der Waals surface area contributed by atoms with Crippen LogP contribution in [0.3, 0.4) is 0 Å². The molecule has 0 aliphatic heterocycles. The van der Waals surface area contributed by atoms with Gasteiger partial charge in [0.15, 0.2) is 23.0 Å². The Morgan fingerprint density at radius 3 is 1.61 bits per heavy atom. The van der Waals surface area contributed by atoms with Crippen molar-refractivity contribution in [1.29, 1.82) is 0 Å². The molecule has 0 radical (unpaired) electrons. The number of ether oxygens (including phenoxy) is 2. The fourth-order valence-corrected chi connectivity index (χ4v) is 6.38. The Bertz CT molecular complexity index is 2660. The average Bonchev–Trinajstić information content (AvgIpc) is 4.28. The number of benzene rings is 2. The van der Waals surface area contributed by atoms with Gasteiger partial charge in [0, 0.05) is 78.0 Å². The molecule has 4 heterocycles. The van der Waals surface area contributed by atoms with Crippen LogP contribution in [-0.2, 0) is 16.1 Å². The molecule has 2 fully saturated rings. The van der Waals surface area contributed by atoms with E-state index in [0.29, 0.717) is 39.6 Å². The van der Waals surface area contributed by atoms with E-state index in [2.05, 4.69) is 83.5 Å². The third-order valence-corrected chi connectivity index (χ3v) is 10.3. The minimum atomic E-state index is -0.517. The van der Waals surface area contributed by atoms with Crippen molar-refractivity contribution in [3.63, 3.8) is 0 Å². The summed E-state index contributed by atoms with van der Waals surface area (Å²) in [5.74, 6) is 0.544. The topological polar surface area (TPSA) is 257 Å². The van der Waals surface area contributed by atoms with Crippen LogP contribution in [0.4, 0.5) is 43.2 Å². The first-order valence-electron chi connectivity index (χ1n) is 20.9. The molecule has 0 spiro atoms. The van der Waals surface area contributed by atoms with Gasteiger partial charge >= 0.3 is 0 Å². The van der Waals surface area contributed by atoms with Crippen molar-refractivity contribution in [3.05, 3.63) is 84.7 Å². The molecule has 6 aromatic rings. The number of nitrogens with zero attached hydrogens (tertiary/aromatic N) is 7. The molecular weight excluding hydrogens is 938 g/mol. The highest BCUT2D eigenvalue weighted by molar-refractivity contribution is 9.09. The molecule has 2 aliphatic rings. The lowest BCUT2D eigenvalue weighted by Crippen LogP contribution is -2.22. The average molecular weight is 988 g/mol. The number of alkyl halides is 3. The number of methoxy groups -OCH3 is 2. The molecule has 67 heavy (non-hydrogen) atoms. The maximum atomic E-state index is 12.7. The van der Waals surface area contributed by atoms with Gasteiger partial charge in [-0.05, 0) is 37.8 Å². The van der Waals surface area contributed by atoms with E-state index in [1.54, 1.807) is 50.1 Å². The molecule has 8 rings (SSSR count). The number of carbonyl (C=O) groups is 4. The summed E-state index contributed by atoms with van der Waals surface area (Å²) in [6.45, 7) is -0.620. The first-order valence-corrected chi connectivity index (χ1v) is 22.1. The van der Waals surface area contributed by atoms with Crippen LogP contribution in [0.25, 0.3) is 22.3 Å². The molecular formula is C44H49BrF2N14O6. The summed E-state index contributed by atoms with van der Waals surface area (Å²) in [5, 5.41) is 44.3. The van der Waals surface area contributed by atoms with Gasteiger partial charge in [0.2, 0.25) is 11.8 Å². The van der Waals surface area contributed by atoms with E-state index in [9.17, 15) is 28.0 Å². The van der Waals surface area contributed by atoms with E-state index in [0.717, 1.165) is 47.9 Å². The fraction of sp³-hybridized carbons (Fsp3) is 0.318. The molecule has 20 nitrogen and oxygen atoms in total. The highest BCUT2D eigenvalue weighted by Crippen LogP contribution is 2.40. The molecule has 2 saturated carbocycles. The van der Waals surface area contributed by atoms with Crippen LogP contribution in [0.2, 0.25) is 0 Å². The van der Waals surface area contributed by atoms with Crippen molar-refractivity contribution in [2.75, 3.05) is 68.3 Å². The molecule has 23 heteroatoms. The number of aryl methyl sites for hydroxylation is 1. The quantitative estimate of drug-likeness (QED) is 0.0485. The van der Waals surface area contributed by atoms with Gasteiger partial charge in [0.05, 0.1) is 62.6 Å². The summed E-state index contributed by atoms with van der Waals surface area (Å²) in [4.78, 5) is 48.9. The molecule has 2 aliphatic carbocycles. The van der Waals surface area contributed by atoms with Gasteiger partial charge in [0.25, 0.3) is 11.8 Å². The Hall–Kier alpha value is -7.56. The normalized spacial score (nSPS) is 12.5. The van der Waals surface area contributed by atoms with E-state index >= 15 is 0 Å². The smallest absolute Gasteiger partial charge is 0.273 e. The Labute approximate surface area is 391 Å². The predicted molar refractivity (Wildman–Crippen MR) is 251 cm³/mol. The van der Waals surface area contributed by atoms with Crippen LogP contribution in [0, 0.1) is 11.8 Å². The number of halogens is 3. The molecule has 2 aromatic carbocycles. The summed E-state index contributed by atoms with van der Waals surface area (Å²) >= 11 is 2.87. The van der Waals surface area contributed by atoms with Crippen LogP contribution >= 0.6 is 15.9 Å². The number of carbonyl (C=O) groups excluding carboxylic acids is 4. The number of aromatic nitrogens is 8. The molecule has 0 atom stereocenters. The Morgan fingerprint density at radius 2 is 1.21 bits per heavy atom. The fourth-order valence-electron chi connectivity index (χ4n) is 6.38. The first-order chi connectivity index (χ1) is 32.5. The predicted octanol–water partition coefficient (Wildman–Crippen LogP) is 6.45. The summed E-state index contributed by atoms with van der Waals surface area (Å²) in [7, 11) is 6.10. The van der Waals surface area contributed by atoms with Gasteiger partial charge in [-0.2, -0.15) is 10.2 Å². The molecule has 0 unspecified atom stereocenters. The Kier molecular flexibility index (Phi) is 17.2. The molecule has 4 aromatic heterocycles. The zero-order chi connectivity index (χ0) is 47.9. The number of anilines is 6. The summed E-state index contributed by atoms with van der Waals surface area (Å²) < 4.78 is 36.1. The second kappa shape index (κ2) is 23.6. The van der Waals surface area contributed by atoms with Gasteiger partial charge in [0.1, 0.15) is 18.2 Å². The Morgan fingerprint density at radius 1 is 0.716 bits per heavy atom. The lowest BCUT2D eigenvalue weighted by Gasteiger charge is -2.16. The third kappa shape index (κ3) is 12.8. The van der Waals surface area contributed by atoms with E-state index < -0.39 is 18.5 Å². The standard InChI is InChI=1S/C22H24FN7O3.C20H21N7O3.C2H4BrF/c1-24-22(32)19-17(10-18(28-29-19)27-21(31)13-6-7-13)26-16-5-3-4-15(20(16)33-2)14-11-25-30(12-14)9-8-23;1-21-20(29)17-15(8-16(26-27-17)25-19(28)11-6-7-11)24-14-5-3-4-13(18(14)30-2)12-9-22-23-10-12;3-1-2-4/h3-5,10-13H,6-9H2,1-2H3,(H,24,32)(H2,26,27,28,31);3-5,8-11H,6-7H2,1-2H3,(H,21,29)(H,22,23)(H2,24,25,26,28);1-2H2. The maximum absolute atomic E-state index is 12.7. The number of H-pyrrole nitrogens is 1. The number of hydrogen-bond donors (Lipinski definition) is 7. The molecule has 352 valence electrons. The van der Waals surface area contributed by atoms with Gasteiger partial charge < -0.3 is 41.4 Å². The van der Waals surface area contributed by atoms with E-state index in [1.165, 1.54) is 25.9 Å². The molecule has 7 N–H and O–H groups in total. The third-order valence-electron chi connectivity index (χ3n) is 9.99. The van der Waals surface area contributed by atoms with Crippen LogP contribution in [0.1, 0.15) is 46.7 Å². The van der Waals surface area contributed by atoms with Gasteiger partial charge in [-0.25, -0.2) is 4.39 Å². The second-order valence-electron chi connectivity index (χ2n) is 14.7. The van der Waals surface area contributed by atoms with Gasteiger partial charge in [-0.15, -0.1) is 20.4 Å². The highest BCUT2D eigenvalue weighted by atomic mass is 79.9. The number of para-hydroxylation sites is 2. The number of aromatic amines is 1. The van der Waals surface area contributed by atoms with Crippen molar-refractivity contribution >= 4 is 73.9 Å². The Balaban J connectivity index is 0.000000206. The van der Waals surface area contributed by atoms with Crippen molar-refractivity contribution < 1.29 is 37.4 Å². The number of amides is 4. The lowest BCUT2D eigenvalue weighted by molar-refractivity contribution is -0.118. The maximum Gasteiger partial charge on any atom is 0.273 e. The second-order valence-corrected chi connectivity index (χ2v) is 15.5. The molecule has 4 amide bonds. The van der Waals surface area contributed by atoms with Crippen molar-refractivity contribution in [3.8, 4) is 33.8 Å². The zero-order valence-electron chi connectivity index (χ0n) is 37.0. The van der Waals surface area contributed by atoms with Crippen LogP contribution in [-0.4, -0.2) is 111 Å². The van der Waals surface area contributed by atoms with E-state index in [1.807, 2.05) is 30.3 Å². The van der Waals surface area contributed by atoms with Crippen molar-refractivity contribution in [2.45, 2.75) is 32.2 Å². The van der Waals surface area contributed by atoms with E-state index in [4.69, 9.17) is 9.47 Å². The largest absolute Gasteiger partial charge is 0.494 e. The van der Waals surface area contributed by atoms with Crippen LogP contribution in [0.15, 0.2) is 73.3 Å². The van der Waals surface area contributed by atoms with E-state index in [-0.39, 0.29) is 59.9 Å². The first kappa shape index (κ1) is 48.9. The van der Waals surface area contributed by atoms with Gasteiger partial charge in [-0.1, -0.05) is 40.2 Å². The summed E-state index contributed by atoms with van der Waals surface area (Å²) in [6.07, 6.45) is 10.3. The SMILES string of the molecule is CNC(=O)c1nnc(NC(=O)C2CC2)cc1Nc1cccc(-c2cn[nH]c2)c1OC.CNC(=O)c1nnc(NC(=O)C2CC2)cc1Nc1cccc(-c2cnn(CCF)c2)c1OC.FCCBr. The minimum Gasteiger partial charge on any atom is -0.494 e. The number of nitrogens with one attached hydrogen (secondary N) is 7. The zero-order valence-corrected chi connectivity index (χ0v) is 38.5. The minimum absolute atomic E-state index is 0.00286. The summed E-state index contributed by atoms with van der Waals surface area (Å²) in [6, 6.07) is 14.2.